The predicted molar refractivity (Wildman–Crippen MR) is 79.8 cm³/mol. The molecule has 0 N–H and O–H groups in total. The minimum atomic E-state index is 0.275. The highest BCUT2D eigenvalue weighted by Crippen LogP contribution is 2.33. The van der Waals surface area contributed by atoms with Crippen molar-refractivity contribution in [1.82, 2.24) is 10.2 Å². The third kappa shape index (κ3) is 2.30. The van der Waals surface area contributed by atoms with Crippen LogP contribution in [0.1, 0.15) is 17.0 Å². The molecule has 5 nitrogen and oxygen atoms in total. The molecule has 1 aliphatic heterocycles. The molecule has 5 heteroatoms. The number of nitrogens with zero attached hydrogens (tertiary/aromatic N) is 2. The van der Waals surface area contributed by atoms with Crippen LogP contribution in [0.25, 0.3) is 11.5 Å². The van der Waals surface area contributed by atoms with Gasteiger partial charge in [-0.05, 0) is 36.2 Å². The number of aryl methyl sites for hydroxylation is 1. The smallest absolute Gasteiger partial charge is 0.248 e. The summed E-state index contributed by atoms with van der Waals surface area (Å²) in [6.07, 6.45) is 0.565. The summed E-state index contributed by atoms with van der Waals surface area (Å²) in [4.78, 5) is 0. The Hall–Kier alpha value is -2.82. The van der Waals surface area contributed by atoms with Crippen molar-refractivity contribution in [2.75, 3.05) is 6.79 Å². The van der Waals surface area contributed by atoms with Crippen molar-refractivity contribution in [3.63, 3.8) is 0 Å². The van der Waals surface area contributed by atoms with E-state index in [2.05, 4.69) is 10.2 Å². The average molecular weight is 294 g/mol. The molecule has 2 heterocycles. The first kappa shape index (κ1) is 12.9. The Morgan fingerprint density at radius 2 is 1.86 bits per heavy atom. The molecule has 0 saturated carbocycles. The van der Waals surface area contributed by atoms with E-state index in [9.17, 15) is 0 Å². The molecule has 0 amide bonds. The lowest BCUT2D eigenvalue weighted by Gasteiger charge is -2.00. The number of hydrogen-bond acceptors (Lipinski definition) is 5. The SMILES string of the molecule is Cc1ccccc1-c1nnc(Cc2ccc3c(c2)OCO3)o1. The van der Waals surface area contributed by atoms with E-state index in [1.165, 1.54) is 0 Å². The van der Waals surface area contributed by atoms with Crippen LogP contribution in [-0.4, -0.2) is 17.0 Å². The van der Waals surface area contributed by atoms with Gasteiger partial charge in [0.05, 0.1) is 6.42 Å². The highest BCUT2D eigenvalue weighted by atomic mass is 16.7. The Morgan fingerprint density at radius 1 is 1.00 bits per heavy atom. The maximum atomic E-state index is 5.78. The zero-order chi connectivity index (χ0) is 14.9. The van der Waals surface area contributed by atoms with Gasteiger partial charge in [0, 0.05) is 5.56 Å². The summed E-state index contributed by atoms with van der Waals surface area (Å²) in [7, 11) is 0. The molecule has 22 heavy (non-hydrogen) atoms. The predicted octanol–water partition coefficient (Wildman–Crippen LogP) is 3.36. The highest BCUT2D eigenvalue weighted by molar-refractivity contribution is 5.57. The molecule has 0 saturated heterocycles. The monoisotopic (exact) mass is 294 g/mol. The minimum absolute atomic E-state index is 0.275. The number of ether oxygens (including phenoxy) is 2. The van der Waals surface area contributed by atoms with Gasteiger partial charge in [-0.2, -0.15) is 0 Å². The van der Waals surface area contributed by atoms with E-state index >= 15 is 0 Å². The van der Waals surface area contributed by atoms with Gasteiger partial charge in [0.2, 0.25) is 18.6 Å². The maximum Gasteiger partial charge on any atom is 0.248 e. The van der Waals surface area contributed by atoms with Crippen LogP contribution in [0, 0.1) is 6.92 Å². The third-order valence-electron chi connectivity index (χ3n) is 3.63. The molecule has 0 fully saturated rings. The number of aromatic nitrogens is 2. The largest absolute Gasteiger partial charge is 0.454 e. The molecule has 2 aromatic carbocycles. The normalized spacial score (nSPS) is 12.6. The molecule has 0 spiro atoms. The molecule has 0 aliphatic carbocycles. The highest BCUT2D eigenvalue weighted by Gasteiger charge is 2.15. The van der Waals surface area contributed by atoms with Crippen LogP contribution in [-0.2, 0) is 6.42 Å². The second-order valence-corrected chi connectivity index (χ2v) is 5.18. The molecule has 1 aromatic heterocycles. The van der Waals surface area contributed by atoms with E-state index in [1.54, 1.807) is 0 Å². The Morgan fingerprint density at radius 3 is 2.77 bits per heavy atom. The van der Waals surface area contributed by atoms with Crippen LogP contribution in [0.5, 0.6) is 11.5 Å². The Balaban J connectivity index is 1.59. The Labute approximate surface area is 127 Å². The van der Waals surface area contributed by atoms with Crippen LogP contribution in [0.3, 0.4) is 0 Å². The van der Waals surface area contributed by atoms with E-state index in [1.807, 2.05) is 49.4 Å². The molecule has 0 radical (unpaired) electrons. The zero-order valence-corrected chi connectivity index (χ0v) is 12.1. The number of hydrogen-bond donors (Lipinski definition) is 0. The van der Waals surface area contributed by atoms with Crippen LogP contribution < -0.4 is 9.47 Å². The van der Waals surface area contributed by atoms with E-state index in [-0.39, 0.29) is 6.79 Å². The van der Waals surface area contributed by atoms with Gasteiger partial charge in [-0.25, -0.2) is 0 Å². The lowest BCUT2D eigenvalue weighted by Crippen LogP contribution is -1.93. The molecule has 0 unspecified atom stereocenters. The van der Waals surface area contributed by atoms with E-state index in [0.29, 0.717) is 18.2 Å². The second kappa shape index (κ2) is 5.18. The molecule has 110 valence electrons. The average Bonchev–Trinajstić information content (AvgIpc) is 3.16. The van der Waals surface area contributed by atoms with Crippen molar-refractivity contribution in [3.8, 4) is 23.0 Å². The Kier molecular flexibility index (Phi) is 3.04. The van der Waals surface area contributed by atoms with Crippen molar-refractivity contribution < 1.29 is 13.9 Å². The third-order valence-corrected chi connectivity index (χ3v) is 3.63. The van der Waals surface area contributed by atoms with Crippen LogP contribution >= 0.6 is 0 Å². The fourth-order valence-corrected chi connectivity index (χ4v) is 2.47. The number of benzene rings is 2. The van der Waals surface area contributed by atoms with Crippen LogP contribution in [0.4, 0.5) is 0 Å². The minimum Gasteiger partial charge on any atom is -0.454 e. The van der Waals surface area contributed by atoms with Crippen molar-refractivity contribution in [2.45, 2.75) is 13.3 Å². The van der Waals surface area contributed by atoms with Crippen LogP contribution in [0.15, 0.2) is 46.9 Å². The lowest BCUT2D eigenvalue weighted by atomic mass is 10.1. The van der Waals surface area contributed by atoms with E-state index < -0.39 is 0 Å². The van der Waals surface area contributed by atoms with Crippen LogP contribution in [0.2, 0.25) is 0 Å². The van der Waals surface area contributed by atoms with Gasteiger partial charge in [-0.15, -0.1) is 10.2 Å². The summed E-state index contributed by atoms with van der Waals surface area (Å²) in [6, 6.07) is 13.8. The molecule has 1 aliphatic rings. The molecular weight excluding hydrogens is 280 g/mol. The van der Waals surface area contributed by atoms with Crippen molar-refractivity contribution in [3.05, 3.63) is 59.5 Å². The van der Waals surface area contributed by atoms with Gasteiger partial charge in [-0.3, -0.25) is 0 Å². The summed E-state index contributed by atoms with van der Waals surface area (Å²) in [6.45, 7) is 2.30. The fourth-order valence-electron chi connectivity index (χ4n) is 2.47. The topological polar surface area (TPSA) is 57.4 Å². The van der Waals surface area contributed by atoms with E-state index in [4.69, 9.17) is 13.9 Å². The lowest BCUT2D eigenvalue weighted by molar-refractivity contribution is 0.174. The van der Waals surface area contributed by atoms with Gasteiger partial charge in [-0.1, -0.05) is 24.3 Å². The van der Waals surface area contributed by atoms with Crippen molar-refractivity contribution in [1.29, 1.82) is 0 Å². The van der Waals surface area contributed by atoms with Gasteiger partial charge < -0.3 is 13.9 Å². The first-order chi connectivity index (χ1) is 10.8. The van der Waals surface area contributed by atoms with E-state index in [0.717, 1.165) is 28.2 Å². The first-order valence-electron chi connectivity index (χ1n) is 7.06. The Bertz CT molecular complexity index is 826. The van der Waals surface area contributed by atoms with Gasteiger partial charge in [0.15, 0.2) is 11.5 Å². The molecule has 4 rings (SSSR count). The fraction of sp³-hybridized carbons (Fsp3) is 0.176. The van der Waals surface area contributed by atoms with Gasteiger partial charge in [0.1, 0.15) is 0 Å². The van der Waals surface area contributed by atoms with Gasteiger partial charge >= 0.3 is 0 Å². The summed E-state index contributed by atoms with van der Waals surface area (Å²) < 4.78 is 16.5. The first-order valence-corrected chi connectivity index (χ1v) is 7.06. The molecular formula is C17H14N2O3. The summed E-state index contributed by atoms with van der Waals surface area (Å²) in [5.41, 5.74) is 3.12. The summed E-state index contributed by atoms with van der Waals surface area (Å²) >= 11 is 0. The second-order valence-electron chi connectivity index (χ2n) is 5.18. The van der Waals surface area contributed by atoms with Crippen molar-refractivity contribution in [2.24, 2.45) is 0 Å². The molecule has 0 bridgehead atoms. The molecule has 0 atom stereocenters. The quantitative estimate of drug-likeness (QED) is 0.741. The summed E-state index contributed by atoms with van der Waals surface area (Å²) in [5.74, 6) is 2.66. The molecule has 3 aromatic rings. The summed E-state index contributed by atoms with van der Waals surface area (Å²) in [5, 5.41) is 8.28. The number of fused-ring (bicyclic) bond motifs is 1. The van der Waals surface area contributed by atoms with Gasteiger partial charge in [0.25, 0.3) is 0 Å². The van der Waals surface area contributed by atoms with Crippen molar-refractivity contribution >= 4 is 0 Å². The maximum absolute atomic E-state index is 5.78. The zero-order valence-electron chi connectivity index (χ0n) is 12.1. The standard InChI is InChI=1S/C17H14N2O3/c1-11-4-2-3-5-13(11)17-19-18-16(22-17)9-12-6-7-14-15(8-12)21-10-20-14/h2-8H,9-10H2,1H3. The number of rotatable bonds is 3.